The van der Waals surface area contributed by atoms with E-state index in [0.717, 1.165) is 42.4 Å². The number of nitrogens with two attached hydrogens (primary N) is 1. The number of hydrogen-bond donors (Lipinski definition) is 2. The molecule has 0 spiro atoms. The molecule has 1 fully saturated rings. The number of halogens is 1. The zero-order valence-electron chi connectivity index (χ0n) is 12.6. The average Bonchev–Trinajstić information content (AvgIpc) is 3.05. The number of amides is 1. The molecule has 3 rings (SSSR count). The fourth-order valence-electron chi connectivity index (χ4n) is 3.11. The number of carbonyl (C=O) groups is 1. The van der Waals surface area contributed by atoms with Gasteiger partial charge in [0, 0.05) is 30.8 Å². The van der Waals surface area contributed by atoms with E-state index in [1.54, 1.807) is 0 Å². The van der Waals surface area contributed by atoms with Crippen LogP contribution in [0.15, 0.2) is 34.7 Å². The van der Waals surface area contributed by atoms with Gasteiger partial charge in [-0.2, -0.15) is 0 Å². The highest BCUT2D eigenvalue weighted by Crippen LogP contribution is 2.26. The van der Waals surface area contributed by atoms with Gasteiger partial charge in [0.15, 0.2) is 0 Å². The van der Waals surface area contributed by atoms with Gasteiger partial charge in [-0.05, 0) is 30.9 Å². The Morgan fingerprint density at radius 3 is 2.86 bits per heavy atom. The van der Waals surface area contributed by atoms with Crippen LogP contribution in [0, 0.1) is 5.92 Å². The molecule has 2 atom stereocenters. The Hall–Kier alpha value is -1.52. The van der Waals surface area contributed by atoms with Gasteiger partial charge in [-0.15, -0.1) is 12.4 Å². The molecule has 0 radical (unpaired) electrons. The van der Waals surface area contributed by atoms with Crippen molar-refractivity contribution in [2.75, 3.05) is 6.54 Å². The minimum absolute atomic E-state index is 0. The molecule has 0 aliphatic heterocycles. The largest absolute Gasteiger partial charge is 0.461 e. The number of carbonyl (C=O) groups excluding carboxylic acids is 1. The summed E-state index contributed by atoms with van der Waals surface area (Å²) in [7, 11) is 0. The van der Waals surface area contributed by atoms with E-state index < -0.39 is 0 Å². The Morgan fingerprint density at radius 2 is 2.14 bits per heavy atom. The SMILES string of the molecule is Cl.N[C@@H]1CCC[C@H]1CC(=O)NCCc1cc2ccccc2o1. The van der Waals surface area contributed by atoms with E-state index in [1.165, 1.54) is 0 Å². The number of nitrogens with one attached hydrogen (secondary N) is 1. The summed E-state index contributed by atoms with van der Waals surface area (Å²) >= 11 is 0. The fraction of sp³-hybridized carbons (Fsp3) is 0.471. The molecule has 0 bridgehead atoms. The van der Waals surface area contributed by atoms with E-state index in [2.05, 4.69) is 5.32 Å². The third-order valence-corrected chi connectivity index (χ3v) is 4.34. The lowest BCUT2D eigenvalue weighted by Crippen LogP contribution is -2.32. The minimum Gasteiger partial charge on any atom is -0.461 e. The van der Waals surface area contributed by atoms with Gasteiger partial charge in [0.25, 0.3) is 0 Å². The molecular weight excluding hydrogens is 300 g/mol. The topological polar surface area (TPSA) is 68.3 Å². The lowest BCUT2D eigenvalue weighted by atomic mass is 10.00. The standard InChI is InChI=1S/C17H22N2O2.ClH/c18-15-6-3-5-12(15)11-17(20)19-9-8-14-10-13-4-1-2-7-16(13)21-14;/h1-2,4,7,10,12,15H,3,5-6,8-9,11,18H2,(H,19,20);1H/t12-,15+;/m0./s1. The van der Waals surface area contributed by atoms with E-state index in [1.807, 2.05) is 30.3 Å². The second kappa shape index (κ2) is 7.65. The predicted molar refractivity (Wildman–Crippen MR) is 90.1 cm³/mol. The first kappa shape index (κ1) is 16.8. The number of furan rings is 1. The average molecular weight is 323 g/mol. The lowest BCUT2D eigenvalue weighted by Gasteiger charge is -2.14. The first-order valence-electron chi connectivity index (χ1n) is 7.72. The van der Waals surface area contributed by atoms with E-state index in [0.29, 0.717) is 18.9 Å². The van der Waals surface area contributed by atoms with Crippen molar-refractivity contribution in [3.63, 3.8) is 0 Å². The quantitative estimate of drug-likeness (QED) is 0.889. The van der Waals surface area contributed by atoms with Gasteiger partial charge in [0.05, 0.1) is 0 Å². The summed E-state index contributed by atoms with van der Waals surface area (Å²) in [6, 6.07) is 10.2. The Kier molecular flexibility index (Phi) is 5.86. The molecule has 3 N–H and O–H groups in total. The highest BCUT2D eigenvalue weighted by atomic mass is 35.5. The maximum Gasteiger partial charge on any atom is 0.220 e. The van der Waals surface area contributed by atoms with Crippen LogP contribution in [0.4, 0.5) is 0 Å². The molecule has 0 unspecified atom stereocenters. The van der Waals surface area contributed by atoms with Crippen LogP contribution in [0.5, 0.6) is 0 Å². The summed E-state index contributed by atoms with van der Waals surface area (Å²) in [6.45, 7) is 0.612. The molecule has 1 aromatic carbocycles. The van der Waals surface area contributed by atoms with Gasteiger partial charge >= 0.3 is 0 Å². The summed E-state index contributed by atoms with van der Waals surface area (Å²) in [5.41, 5.74) is 6.89. The van der Waals surface area contributed by atoms with Crippen molar-refractivity contribution in [2.24, 2.45) is 11.7 Å². The molecular formula is C17H23ClN2O2. The van der Waals surface area contributed by atoms with Crippen LogP contribution in [0.1, 0.15) is 31.4 Å². The third kappa shape index (κ3) is 4.02. The molecule has 1 aromatic heterocycles. The minimum atomic E-state index is 0. The summed E-state index contributed by atoms with van der Waals surface area (Å²) in [5.74, 6) is 1.37. The van der Waals surface area contributed by atoms with Gasteiger partial charge in [0.2, 0.25) is 5.91 Å². The maximum atomic E-state index is 11.9. The van der Waals surface area contributed by atoms with Crippen LogP contribution in [0.2, 0.25) is 0 Å². The number of para-hydroxylation sites is 1. The van der Waals surface area contributed by atoms with Crippen molar-refractivity contribution >= 4 is 29.3 Å². The van der Waals surface area contributed by atoms with Gasteiger partial charge in [0.1, 0.15) is 11.3 Å². The number of benzene rings is 1. The first-order chi connectivity index (χ1) is 10.2. The van der Waals surface area contributed by atoms with Crippen LogP contribution in [0.25, 0.3) is 11.0 Å². The van der Waals surface area contributed by atoms with Gasteiger partial charge in [-0.3, -0.25) is 4.79 Å². The monoisotopic (exact) mass is 322 g/mol. The molecule has 120 valence electrons. The molecule has 1 aliphatic rings. The smallest absolute Gasteiger partial charge is 0.220 e. The van der Waals surface area contributed by atoms with Gasteiger partial charge < -0.3 is 15.5 Å². The highest BCUT2D eigenvalue weighted by Gasteiger charge is 2.25. The number of hydrogen-bond acceptors (Lipinski definition) is 3. The van der Waals surface area contributed by atoms with Gasteiger partial charge in [-0.1, -0.05) is 24.6 Å². The van der Waals surface area contributed by atoms with Crippen molar-refractivity contribution in [3.8, 4) is 0 Å². The van der Waals surface area contributed by atoms with E-state index in [4.69, 9.17) is 10.2 Å². The van der Waals surface area contributed by atoms with E-state index in [-0.39, 0.29) is 24.4 Å². The van der Waals surface area contributed by atoms with Crippen molar-refractivity contribution in [3.05, 3.63) is 36.1 Å². The Balaban J connectivity index is 0.00000176. The molecule has 1 heterocycles. The maximum absolute atomic E-state index is 11.9. The zero-order chi connectivity index (χ0) is 14.7. The first-order valence-corrected chi connectivity index (χ1v) is 7.72. The fourth-order valence-corrected chi connectivity index (χ4v) is 3.11. The van der Waals surface area contributed by atoms with Crippen molar-refractivity contribution in [1.82, 2.24) is 5.32 Å². The highest BCUT2D eigenvalue weighted by molar-refractivity contribution is 5.85. The van der Waals surface area contributed by atoms with Crippen LogP contribution in [0.3, 0.4) is 0 Å². The molecule has 1 amide bonds. The summed E-state index contributed by atoms with van der Waals surface area (Å²) in [4.78, 5) is 11.9. The van der Waals surface area contributed by atoms with Gasteiger partial charge in [-0.25, -0.2) is 0 Å². The molecule has 0 saturated heterocycles. The Morgan fingerprint density at radius 1 is 1.32 bits per heavy atom. The second-order valence-electron chi connectivity index (χ2n) is 5.91. The number of rotatable bonds is 5. The van der Waals surface area contributed by atoms with E-state index in [9.17, 15) is 4.79 Å². The normalized spacial score (nSPS) is 20.8. The van der Waals surface area contributed by atoms with Crippen molar-refractivity contribution in [1.29, 1.82) is 0 Å². The molecule has 2 aromatic rings. The van der Waals surface area contributed by atoms with Crippen LogP contribution < -0.4 is 11.1 Å². The van der Waals surface area contributed by atoms with Crippen LogP contribution in [-0.4, -0.2) is 18.5 Å². The Labute approximate surface area is 136 Å². The molecule has 5 heteroatoms. The second-order valence-corrected chi connectivity index (χ2v) is 5.91. The molecule has 22 heavy (non-hydrogen) atoms. The molecule has 1 saturated carbocycles. The summed E-state index contributed by atoms with van der Waals surface area (Å²) in [6.07, 6.45) is 4.56. The van der Waals surface area contributed by atoms with Crippen LogP contribution >= 0.6 is 12.4 Å². The molecule has 4 nitrogen and oxygen atoms in total. The Bertz CT molecular complexity index is 593. The predicted octanol–water partition coefficient (Wildman–Crippen LogP) is 3.03. The van der Waals surface area contributed by atoms with Crippen molar-refractivity contribution < 1.29 is 9.21 Å². The van der Waals surface area contributed by atoms with Crippen LogP contribution in [-0.2, 0) is 11.2 Å². The lowest BCUT2D eigenvalue weighted by molar-refractivity contribution is -0.122. The number of fused-ring (bicyclic) bond motifs is 1. The summed E-state index contributed by atoms with van der Waals surface area (Å²) < 4.78 is 5.73. The third-order valence-electron chi connectivity index (χ3n) is 4.34. The molecule has 1 aliphatic carbocycles. The van der Waals surface area contributed by atoms with E-state index >= 15 is 0 Å². The van der Waals surface area contributed by atoms with Crippen molar-refractivity contribution in [2.45, 2.75) is 38.1 Å². The zero-order valence-corrected chi connectivity index (χ0v) is 13.4. The summed E-state index contributed by atoms with van der Waals surface area (Å²) in [5, 5.41) is 4.08.